The van der Waals surface area contributed by atoms with E-state index in [-0.39, 0.29) is 0 Å². The number of rotatable bonds is 6. The molecule has 2 atom stereocenters. The molecule has 5 heteroatoms. The zero-order valence-corrected chi connectivity index (χ0v) is 12.9. The minimum atomic E-state index is 0.393. The molecule has 0 aromatic carbocycles. The van der Waals surface area contributed by atoms with E-state index in [2.05, 4.69) is 41.1 Å². The molecule has 102 valence electrons. The van der Waals surface area contributed by atoms with Crippen molar-refractivity contribution in [3.8, 4) is 0 Å². The van der Waals surface area contributed by atoms with Crippen molar-refractivity contribution >= 4 is 23.1 Å². The third-order valence-corrected chi connectivity index (χ3v) is 5.94. The third-order valence-electron chi connectivity index (χ3n) is 3.26. The minimum Gasteiger partial charge on any atom is -0.308 e. The smallest absolute Gasteiger partial charge is 0.134 e. The third kappa shape index (κ3) is 3.68. The van der Waals surface area contributed by atoms with Crippen LogP contribution in [0.3, 0.4) is 0 Å². The van der Waals surface area contributed by atoms with Crippen LogP contribution in [0.2, 0.25) is 0 Å². The molecule has 18 heavy (non-hydrogen) atoms. The number of nitrogens with zero attached hydrogens (tertiary/aromatic N) is 2. The first kappa shape index (κ1) is 14.3. The normalized spacial score (nSPS) is 22.0. The van der Waals surface area contributed by atoms with E-state index in [0.717, 1.165) is 13.0 Å². The molecule has 0 radical (unpaired) electrons. The zero-order valence-electron chi connectivity index (χ0n) is 11.3. The number of hydrogen-bond acceptors (Lipinski definition) is 5. The van der Waals surface area contributed by atoms with Gasteiger partial charge in [-0.3, -0.25) is 0 Å². The molecule has 0 bridgehead atoms. The summed E-state index contributed by atoms with van der Waals surface area (Å²) in [6, 6.07) is 0.393. The summed E-state index contributed by atoms with van der Waals surface area (Å²) < 4.78 is 0. The summed E-state index contributed by atoms with van der Waals surface area (Å²) in [5.74, 6) is 1.28. The Hall–Kier alpha value is -0.130. The Morgan fingerprint density at radius 2 is 2.22 bits per heavy atom. The summed E-state index contributed by atoms with van der Waals surface area (Å²) in [7, 11) is 0. The number of hydrogen-bond donors (Lipinski definition) is 1. The van der Waals surface area contributed by atoms with E-state index in [1.54, 1.807) is 0 Å². The lowest BCUT2D eigenvalue weighted by Gasteiger charge is -2.18. The summed E-state index contributed by atoms with van der Waals surface area (Å²) in [6.07, 6.45) is 6.24. The molecule has 0 saturated carbocycles. The molecule has 2 unspecified atom stereocenters. The summed E-state index contributed by atoms with van der Waals surface area (Å²) >= 11 is 3.87. The van der Waals surface area contributed by atoms with Crippen LogP contribution < -0.4 is 5.32 Å². The molecule has 1 N–H and O–H groups in total. The van der Waals surface area contributed by atoms with Crippen molar-refractivity contribution in [2.24, 2.45) is 0 Å². The Morgan fingerprint density at radius 1 is 1.33 bits per heavy atom. The lowest BCUT2D eigenvalue weighted by molar-refractivity contribution is 0.512. The predicted octanol–water partition coefficient (Wildman–Crippen LogP) is 3.95. The fraction of sp³-hybridized carbons (Fsp3) is 0.846. The molecule has 3 nitrogen and oxygen atoms in total. The highest BCUT2D eigenvalue weighted by atomic mass is 32.2. The first-order chi connectivity index (χ1) is 8.85. The lowest BCUT2D eigenvalue weighted by atomic mass is 10.2. The molecule has 0 amide bonds. The maximum absolute atomic E-state index is 4.42. The Morgan fingerprint density at radius 3 is 2.89 bits per heavy atom. The van der Waals surface area contributed by atoms with Gasteiger partial charge in [0.1, 0.15) is 10.0 Å². The van der Waals surface area contributed by atoms with Gasteiger partial charge < -0.3 is 5.32 Å². The minimum absolute atomic E-state index is 0.393. The second-order valence-electron chi connectivity index (χ2n) is 4.75. The Labute approximate surface area is 118 Å². The van der Waals surface area contributed by atoms with Crippen LogP contribution in [0.15, 0.2) is 0 Å². The van der Waals surface area contributed by atoms with Crippen molar-refractivity contribution in [3.63, 3.8) is 0 Å². The van der Waals surface area contributed by atoms with Gasteiger partial charge in [-0.15, -0.1) is 10.2 Å². The Balaban J connectivity index is 1.98. The quantitative estimate of drug-likeness (QED) is 0.859. The topological polar surface area (TPSA) is 37.8 Å². The fourth-order valence-electron chi connectivity index (χ4n) is 2.18. The van der Waals surface area contributed by atoms with Gasteiger partial charge in [0.25, 0.3) is 0 Å². The number of nitrogens with one attached hydrogen (secondary N) is 1. The van der Waals surface area contributed by atoms with E-state index in [1.807, 2.05) is 11.3 Å². The monoisotopic (exact) mass is 285 g/mol. The summed E-state index contributed by atoms with van der Waals surface area (Å²) in [6.45, 7) is 5.47. The average molecular weight is 285 g/mol. The Kier molecular flexibility index (Phi) is 5.92. The molecule has 1 aliphatic rings. The lowest BCUT2D eigenvalue weighted by Crippen LogP contribution is -2.21. The highest BCUT2D eigenvalue weighted by Gasteiger charge is 2.22. The van der Waals surface area contributed by atoms with Crippen LogP contribution in [0.5, 0.6) is 0 Å². The second-order valence-corrected chi connectivity index (χ2v) is 7.10. The van der Waals surface area contributed by atoms with Gasteiger partial charge in [-0.05, 0) is 38.0 Å². The standard InChI is InChI=1S/C13H23N3S2/c1-3-8-14-10(4-2)12-15-16-13(18-12)11-7-5-6-9-17-11/h10-11,14H,3-9H2,1-2H3. The molecule has 1 fully saturated rings. The zero-order chi connectivity index (χ0) is 12.8. The van der Waals surface area contributed by atoms with Crippen LogP contribution in [-0.4, -0.2) is 22.5 Å². The molecular formula is C13H23N3S2. The largest absolute Gasteiger partial charge is 0.308 e. The predicted molar refractivity (Wildman–Crippen MR) is 80.3 cm³/mol. The van der Waals surface area contributed by atoms with Crippen molar-refractivity contribution in [2.75, 3.05) is 12.3 Å². The van der Waals surface area contributed by atoms with Gasteiger partial charge in [0.05, 0.1) is 11.3 Å². The first-order valence-corrected chi connectivity index (χ1v) is 8.90. The molecule has 1 aliphatic heterocycles. The summed E-state index contributed by atoms with van der Waals surface area (Å²) in [4.78, 5) is 0. The van der Waals surface area contributed by atoms with Crippen LogP contribution in [0, 0.1) is 0 Å². The molecule has 0 spiro atoms. The van der Waals surface area contributed by atoms with Crippen LogP contribution in [0.4, 0.5) is 0 Å². The van der Waals surface area contributed by atoms with Gasteiger partial charge in [0.2, 0.25) is 0 Å². The van der Waals surface area contributed by atoms with Crippen molar-refractivity contribution in [1.29, 1.82) is 0 Å². The molecule has 2 rings (SSSR count). The molecule has 0 aliphatic carbocycles. The summed E-state index contributed by atoms with van der Waals surface area (Å²) in [5.41, 5.74) is 0. The van der Waals surface area contributed by atoms with E-state index in [0.29, 0.717) is 11.3 Å². The molecular weight excluding hydrogens is 262 g/mol. The van der Waals surface area contributed by atoms with Gasteiger partial charge in [-0.25, -0.2) is 0 Å². The van der Waals surface area contributed by atoms with E-state index in [1.165, 1.54) is 41.5 Å². The van der Waals surface area contributed by atoms with Crippen LogP contribution in [0.25, 0.3) is 0 Å². The van der Waals surface area contributed by atoms with Gasteiger partial charge >= 0.3 is 0 Å². The van der Waals surface area contributed by atoms with Crippen molar-refractivity contribution in [3.05, 3.63) is 10.0 Å². The van der Waals surface area contributed by atoms with Crippen molar-refractivity contribution in [2.45, 2.75) is 57.2 Å². The molecule has 1 aromatic heterocycles. The maximum Gasteiger partial charge on any atom is 0.134 e. The van der Waals surface area contributed by atoms with E-state index < -0.39 is 0 Å². The van der Waals surface area contributed by atoms with Crippen LogP contribution in [0.1, 0.15) is 67.3 Å². The molecule has 1 saturated heterocycles. The van der Waals surface area contributed by atoms with Gasteiger partial charge in [-0.1, -0.05) is 31.6 Å². The highest BCUT2D eigenvalue weighted by Crippen LogP contribution is 2.40. The first-order valence-electron chi connectivity index (χ1n) is 7.03. The van der Waals surface area contributed by atoms with Crippen molar-refractivity contribution < 1.29 is 0 Å². The van der Waals surface area contributed by atoms with E-state index >= 15 is 0 Å². The average Bonchev–Trinajstić information content (AvgIpc) is 2.90. The molecule has 1 aromatic rings. The van der Waals surface area contributed by atoms with E-state index in [4.69, 9.17) is 0 Å². The second kappa shape index (κ2) is 7.46. The number of aromatic nitrogens is 2. The fourth-order valence-corrected chi connectivity index (χ4v) is 4.72. The Bertz CT molecular complexity index is 348. The van der Waals surface area contributed by atoms with Crippen LogP contribution in [-0.2, 0) is 0 Å². The highest BCUT2D eigenvalue weighted by molar-refractivity contribution is 7.99. The van der Waals surface area contributed by atoms with Gasteiger partial charge in [-0.2, -0.15) is 11.8 Å². The van der Waals surface area contributed by atoms with Gasteiger partial charge in [0, 0.05) is 0 Å². The van der Waals surface area contributed by atoms with Crippen LogP contribution >= 0.6 is 23.1 Å². The number of thioether (sulfide) groups is 1. The maximum atomic E-state index is 4.42. The van der Waals surface area contributed by atoms with E-state index in [9.17, 15) is 0 Å². The van der Waals surface area contributed by atoms with Crippen molar-refractivity contribution in [1.82, 2.24) is 15.5 Å². The van der Waals surface area contributed by atoms with Gasteiger partial charge in [0.15, 0.2) is 0 Å². The SMILES string of the molecule is CCCNC(CC)c1nnc(C2CCCCS2)s1. The summed E-state index contributed by atoms with van der Waals surface area (Å²) in [5, 5.41) is 15.4. The molecule has 2 heterocycles.